The SMILES string of the molecule is c1ccc(-c2ccccc2-c2ccccc2-c2ccccc2N(c2cccc(-c3ccc4ccccc4c3)c2)c2ccc3c(c2)sc2ccccc23)cc1. The van der Waals surface area contributed by atoms with Crippen molar-refractivity contribution in [3.8, 4) is 44.5 Å². The summed E-state index contributed by atoms with van der Waals surface area (Å²) in [5.41, 5.74) is 12.9. The van der Waals surface area contributed by atoms with E-state index >= 15 is 0 Å². The number of hydrogen-bond donors (Lipinski definition) is 0. The lowest BCUT2D eigenvalue weighted by Crippen LogP contribution is -2.11. The van der Waals surface area contributed by atoms with Crippen molar-refractivity contribution in [1.82, 2.24) is 0 Å². The Morgan fingerprint density at radius 2 is 0.870 bits per heavy atom. The molecule has 0 N–H and O–H groups in total. The van der Waals surface area contributed by atoms with Crippen LogP contribution in [0.25, 0.3) is 75.5 Å². The fraction of sp³-hybridized carbons (Fsp3) is 0. The highest BCUT2D eigenvalue weighted by molar-refractivity contribution is 7.25. The lowest BCUT2D eigenvalue weighted by atomic mass is 9.88. The van der Waals surface area contributed by atoms with Gasteiger partial charge in [0.1, 0.15) is 0 Å². The van der Waals surface area contributed by atoms with Crippen LogP contribution in [-0.4, -0.2) is 0 Å². The van der Waals surface area contributed by atoms with Crippen LogP contribution < -0.4 is 4.90 Å². The van der Waals surface area contributed by atoms with E-state index in [1.807, 2.05) is 11.3 Å². The molecule has 1 nitrogen and oxygen atoms in total. The number of rotatable bonds is 7. The van der Waals surface area contributed by atoms with Gasteiger partial charge in [0.25, 0.3) is 0 Å². The van der Waals surface area contributed by atoms with Gasteiger partial charge in [-0.3, -0.25) is 0 Å². The minimum absolute atomic E-state index is 1.11. The maximum atomic E-state index is 2.45. The van der Waals surface area contributed by atoms with E-state index in [9.17, 15) is 0 Å². The van der Waals surface area contributed by atoms with E-state index in [0.717, 1.165) is 17.1 Å². The highest BCUT2D eigenvalue weighted by atomic mass is 32.1. The zero-order valence-corrected chi connectivity index (χ0v) is 30.4. The smallest absolute Gasteiger partial charge is 0.0540 e. The zero-order chi connectivity index (χ0) is 35.8. The van der Waals surface area contributed by atoms with Gasteiger partial charge in [-0.1, -0.05) is 170 Å². The van der Waals surface area contributed by atoms with Crippen molar-refractivity contribution in [2.45, 2.75) is 0 Å². The summed E-state index contributed by atoms with van der Waals surface area (Å²) >= 11 is 1.86. The largest absolute Gasteiger partial charge is 0.310 e. The molecule has 0 bridgehead atoms. The summed E-state index contributed by atoms with van der Waals surface area (Å²) in [6, 6.07) is 77.2. The summed E-state index contributed by atoms with van der Waals surface area (Å²) in [5.74, 6) is 0. The van der Waals surface area contributed by atoms with Gasteiger partial charge >= 0.3 is 0 Å². The molecule has 0 radical (unpaired) electrons. The summed E-state index contributed by atoms with van der Waals surface area (Å²) in [4.78, 5) is 2.45. The number of hydrogen-bond acceptors (Lipinski definition) is 2. The maximum Gasteiger partial charge on any atom is 0.0540 e. The minimum Gasteiger partial charge on any atom is -0.310 e. The third kappa shape index (κ3) is 5.74. The van der Waals surface area contributed by atoms with Crippen LogP contribution in [0.2, 0.25) is 0 Å². The molecule has 0 atom stereocenters. The molecule has 1 aromatic heterocycles. The van der Waals surface area contributed by atoms with Gasteiger partial charge in [-0.15, -0.1) is 11.3 Å². The molecule has 0 aliphatic carbocycles. The van der Waals surface area contributed by atoms with E-state index in [1.165, 1.54) is 75.5 Å². The highest BCUT2D eigenvalue weighted by Gasteiger charge is 2.21. The minimum atomic E-state index is 1.11. The molecule has 9 aromatic carbocycles. The maximum absolute atomic E-state index is 2.45. The fourth-order valence-corrected chi connectivity index (χ4v) is 9.05. The highest BCUT2D eigenvalue weighted by Crippen LogP contribution is 2.47. The number of nitrogens with zero attached hydrogens (tertiary/aromatic N) is 1. The number of thiophene rings is 1. The van der Waals surface area contributed by atoms with E-state index < -0.39 is 0 Å². The Hall–Kier alpha value is -6.74. The van der Waals surface area contributed by atoms with E-state index in [1.54, 1.807) is 0 Å². The fourth-order valence-electron chi connectivity index (χ4n) is 7.91. The van der Waals surface area contributed by atoms with Crippen molar-refractivity contribution in [2.24, 2.45) is 0 Å². The van der Waals surface area contributed by atoms with Crippen LogP contribution in [0.1, 0.15) is 0 Å². The van der Waals surface area contributed by atoms with E-state index in [0.29, 0.717) is 0 Å². The molecule has 54 heavy (non-hydrogen) atoms. The third-order valence-electron chi connectivity index (χ3n) is 10.5. The molecule has 0 saturated carbocycles. The number of para-hydroxylation sites is 1. The predicted octanol–water partition coefficient (Wildman–Crippen LogP) is 15.3. The van der Waals surface area contributed by atoms with Crippen LogP contribution in [0.3, 0.4) is 0 Å². The summed E-state index contributed by atoms with van der Waals surface area (Å²) in [6.45, 7) is 0. The zero-order valence-electron chi connectivity index (χ0n) is 29.6. The van der Waals surface area contributed by atoms with Gasteiger partial charge in [0.2, 0.25) is 0 Å². The summed E-state index contributed by atoms with van der Waals surface area (Å²) in [5, 5.41) is 5.09. The molecular weight excluding hydrogens is 671 g/mol. The van der Waals surface area contributed by atoms with E-state index in [2.05, 4.69) is 217 Å². The molecule has 1 heterocycles. The van der Waals surface area contributed by atoms with Crippen LogP contribution in [0.4, 0.5) is 17.1 Å². The lowest BCUT2D eigenvalue weighted by Gasteiger charge is -2.29. The lowest BCUT2D eigenvalue weighted by molar-refractivity contribution is 1.29. The third-order valence-corrected chi connectivity index (χ3v) is 11.6. The second-order valence-corrected chi connectivity index (χ2v) is 14.8. The molecule has 10 rings (SSSR count). The summed E-state index contributed by atoms with van der Waals surface area (Å²) in [7, 11) is 0. The summed E-state index contributed by atoms with van der Waals surface area (Å²) in [6.07, 6.45) is 0. The molecule has 0 unspecified atom stereocenters. The molecule has 0 fully saturated rings. The van der Waals surface area contributed by atoms with Gasteiger partial charge < -0.3 is 4.90 Å². The number of anilines is 3. The van der Waals surface area contributed by atoms with Crippen molar-refractivity contribution in [1.29, 1.82) is 0 Å². The first-order valence-electron chi connectivity index (χ1n) is 18.4. The van der Waals surface area contributed by atoms with Crippen LogP contribution in [0.15, 0.2) is 212 Å². The van der Waals surface area contributed by atoms with E-state index in [4.69, 9.17) is 0 Å². The van der Waals surface area contributed by atoms with E-state index in [-0.39, 0.29) is 0 Å². The van der Waals surface area contributed by atoms with Gasteiger partial charge in [-0.25, -0.2) is 0 Å². The van der Waals surface area contributed by atoms with Crippen molar-refractivity contribution >= 4 is 59.3 Å². The second-order valence-electron chi connectivity index (χ2n) is 13.7. The Morgan fingerprint density at radius 3 is 1.70 bits per heavy atom. The molecule has 0 spiro atoms. The average molecular weight is 706 g/mol. The Bertz CT molecular complexity index is 2960. The molecule has 0 amide bonds. The molecule has 254 valence electrons. The monoisotopic (exact) mass is 705 g/mol. The van der Waals surface area contributed by atoms with Crippen LogP contribution in [0.5, 0.6) is 0 Å². The Kier molecular flexibility index (Phi) is 8.09. The van der Waals surface area contributed by atoms with Crippen molar-refractivity contribution in [2.75, 3.05) is 4.90 Å². The first kappa shape index (κ1) is 32.0. The molecular formula is C52H35NS. The van der Waals surface area contributed by atoms with Gasteiger partial charge in [0.15, 0.2) is 0 Å². The Morgan fingerprint density at radius 1 is 0.296 bits per heavy atom. The first-order chi connectivity index (χ1) is 26.8. The standard InChI is InChI=1S/C52H35NS/c1-2-16-37(17-3-1)43-21-6-7-22-44(43)45-23-8-9-24-46(45)47-25-10-12-27-50(47)53(42-31-32-49-48-26-11-13-28-51(48)54-52(49)35-42)41-20-14-19-39(34-41)40-30-29-36-15-4-5-18-38(36)33-40/h1-35H. The van der Waals surface area contributed by atoms with Crippen LogP contribution in [-0.2, 0) is 0 Å². The molecule has 0 saturated heterocycles. The van der Waals surface area contributed by atoms with Crippen molar-refractivity contribution < 1.29 is 0 Å². The van der Waals surface area contributed by atoms with Gasteiger partial charge in [-0.2, -0.15) is 0 Å². The first-order valence-corrected chi connectivity index (χ1v) is 19.2. The normalized spacial score (nSPS) is 11.3. The van der Waals surface area contributed by atoms with Gasteiger partial charge in [0, 0.05) is 37.1 Å². The van der Waals surface area contributed by atoms with Gasteiger partial charge in [-0.05, 0) is 92.2 Å². The summed E-state index contributed by atoms with van der Waals surface area (Å²) < 4.78 is 2.58. The molecule has 0 aliphatic heterocycles. The predicted molar refractivity (Wildman–Crippen MR) is 233 cm³/mol. The molecule has 0 aliphatic rings. The second kappa shape index (κ2) is 13.7. The molecule has 10 aromatic rings. The topological polar surface area (TPSA) is 3.24 Å². The quantitative estimate of drug-likeness (QED) is 0.160. The number of fused-ring (bicyclic) bond motifs is 4. The Labute approximate surface area is 319 Å². The average Bonchev–Trinajstić information content (AvgIpc) is 3.62. The number of benzene rings is 9. The van der Waals surface area contributed by atoms with Crippen molar-refractivity contribution in [3.05, 3.63) is 212 Å². The molecule has 2 heteroatoms. The van der Waals surface area contributed by atoms with Crippen molar-refractivity contribution in [3.63, 3.8) is 0 Å². The Balaban J connectivity index is 1.18. The van der Waals surface area contributed by atoms with Crippen LogP contribution in [0, 0.1) is 0 Å². The van der Waals surface area contributed by atoms with Gasteiger partial charge in [0.05, 0.1) is 5.69 Å². The van der Waals surface area contributed by atoms with Crippen LogP contribution >= 0.6 is 11.3 Å².